The van der Waals surface area contributed by atoms with Crippen LogP contribution in [-0.2, 0) is 88.3 Å². The Morgan fingerprint density at radius 1 is 0.590 bits per heavy atom. The Morgan fingerprint density at radius 3 is 1.57 bits per heavy atom. The van der Waals surface area contributed by atoms with Crippen LogP contribution in [0.5, 0.6) is 0 Å². The molecular weight excluding hydrogens is 1110 g/mol. The molecule has 2 aromatic rings. The molecule has 7 amide bonds. The van der Waals surface area contributed by atoms with Crippen LogP contribution in [0, 0.1) is 0 Å². The maximum absolute atomic E-state index is 13.4. The van der Waals surface area contributed by atoms with Crippen LogP contribution >= 0.6 is 0 Å². The summed E-state index contributed by atoms with van der Waals surface area (Å²) < 4.78 is 35.5. The Balaban J connectivity index is 1.13. The maximum Gasteiger partial charge on any atom is 0.246 e. The van der Waals surface area contributed by atoms with Gasteiger partial charge in [0.1, 0.15) is 85.0 Å². The highest BCUT2D eigenvalue weighted by Crippen LogP contribution is 2.24. The molecule has 35 nitrogen and oxygen atoms in total. The predicted molar refractivity (Wildman–Crippen MR) is 279 cm³/mol. The Kier molecular flexibility index (Phi) is 31.2. The molecule has 0 aromatic carbocycles. The van der Waals surface area contributed by atoms with Crippen molar-refractivity contribution in [3.8, 4) is 0 Å². The number of hydrogen-bond donors (Lipinski definition) is 16. The molecule has 83 heavy (non-hydrogen) atoms. The summed E-state index contributed by atoms with van der Waals surface area (Å²) in [6.45, 7) is -0.630. The molecule has 2 aliphatic rings. The number of primary amides is 1. The van der Waals surface area contributed by atoms with E-state index in [1.165, 1.54) is 22.5 Å². The summed E-state index contributed by atoms with van der Waals surface area (Å²) in [4.78, 5) is 88.3. The molecule has 2 fully saturated rings. The van der Waals surface area contributed by atoms with Gasteiger partial charge in [0.2, 0.25) is 41.4 Å². The number of aliphatic hydroxyl groups excluding tert-OH is 8. The number of aromatic nitrogens is 6. The number of unbranched alkanes of at least 4 members (excludes halogenated alkanes) is 3. The van der Waals surface area contributed by atoms with Gasteiger partial charge < -0.3 is 113 Å². The third-order valence-corrected chi connectivity index (χ3v) is 12.9. The fourth-order valence-corrected chi connectivity index (χ4v) is 8.34. The molecule has 13 atom stereocenters. The second-order valence-corrected chi connectivity index (χ2v) is 19.6. The van der Waals surface area contributed by atoms with Crippen LogP contribution in [0.25, 0.3) is 0 Å². The summed E-state index contributed by atoms with van der Waals surface area (Å²) in [5.74, 6) is -4.46. The minimum atomic E-state index is -1.62. The van der Waals surface area contributed by atoms with Gasteiger partial charge in [0, 0.05) is 26.6 Å². The second-order valence-electron chi connectivity index (χ2n) is 19.6. The fraction of sp³-hybridized carbons (Fsp3) is 0.771. The zero-order valence-corrected chi connectivity index (χ0v) is 46.1. The molecular formula is C48H82N14O21. The third-order valence-electron chi connectivity index (χ3n) is 12.9. The quantitative estimate of drug-likeness (QED) is 0.0276. The van der Waals surface area contributed by atoms with Crippen molar-refractivity contribution in [1.82, 2.24) is 61.9 Å². The average molecular weight is 1190 g/mol. The molecule has 0 bridgehead atoms. The summed E-state index contributed by atoms with van der Waals surface area (Å²) in [6.07, 6.45) is -7.79. The van der Waals surface area contributed by atoms with Crippen LogP contribution in [0.15, 0.2) is 12.4 Å². The van der Waals surface area contributed by atoms with E-state index in [-0.39, 0.29) is 59.0 Å². The number of amides is 7. The number of nitrogens with one attached hydrogen (secondary N) is 6. The van der Waals surface area contributed by atoms with Crippen LogP contribution in [0.4, 0.5) is 0 Å². The smallest absolute Gasteiger partial charge is 0.246 e. The van der Waals surface area contributed by atoms with Gasteiger partial charge >= 0.3 is 0 Å². The average Bonchev–Trinajstić information content (AvgIpc) is 4.32. The number of carbonyl (C=O) groups excluding carboxylic acids is 7. The lowest BCUT2D eigenvalue weighted by atomic mass is 9.99. The standard InChI is InChI=1S/C48H82N14O21/c1-27(65)54-31(9-3-6-13-61-20-28(57-59-61)24-80-47-42(73)40(71)38(69)33(22-63)82-47)45(76)51-12-15-78-16-17-79-26-37(68)52-18-35(66)56-32(46(77)53-19-36(67)55-30(44(50)75)8-2-5-11-49)10-4-7-14-62-21-29(58-60-62)25-81-48-43(74)41(72)39(70)34(23-64)83-48/h20-21,30-34,38-43,47-48,63-64,69-74H,2-19,22-26,49H2,1H3,(H2,50,75)(H,51,76)(H,52,68)(H,53,77)(H,54,65)(H,55,67)(H,56,66)/t30-,31-,32-,33+,34+,38+,39+,40-,41-,42-,43-,47-,48-/m0/s1. The van der Waals surface area contributed by atoms with Crippen molar-refractivity contribution in [3.63, 3.8) is 0 Å². The first-order chi connectivity index (χ1) is 39.7. The molecule has 2 saturated heterocycles. The number of carbonyl (C=O) groups is 7. The van der Waals surface area contributed by atoms with Gasteiger partial charge in [0.15, 0.2) is 12.6 Å². The first-order valence-corrected chi connectivity index (χ1v) is 27.2. The molecule has 470 valence electrons. The van der Waals surface area contributed by atoms with E-state index in [1.54, 1.807) is 6.20 Å². The molecule has 18 N–H and O–H groups in total. The van der Waals surface area contributed by atoms with Crippen LogP contribution in [0.3, 0.4) is 0 Å². The topological polar surface area (TPSA) is 522 Å². The highest BCUT2D eigenvalue weighted by molar-refractivity contribution is 5.93. The molecule has 0 radical (unpaired) electrons. The van der Waals surface area contributed by atoms with Crippen LogP contribution in [0.2, 0.25) is 0 Å². The first-order valence-electron chi connectivity index (χ1n) is 27.2. The number of nitrogens with two attached hydrogens (primary N) is 2. The van der Waals surface area contributed by atoms with Crippen molar-refractivity contribution in [2.45, 2.75) is 171 Å². The van der Waals surface area contributed by atoms with Crippen molar-refractivity contribution in [2.24, 2.45) is 11.5 Å². The van der Waals surface area contributed by atoms with Crippen LogP contribution in [0.1, 0.15) is 76.1 Å². The lowest BCUT2D eigenvalue weighted by molar-refractivity contribution is -0.304. The monoisotopic (exact) mass is 1190 g/mol. The Hall–Kier alpha value is -6.03. The van der Waals surface area contributed by atoms with Gasteiger partial charge in [-0.1, -0.05) is 10.4 Å². The molecule has 0 unspecified atom stereocenters. The van der Waals surface area contributed by atoms with Gasteiger partial charge in [-0.2, -0.15) is 0 Å². The third kappa shape index (κ3) is 24.6. The van der Waals surface area contributed by atoms with Crippen molar-refractivity contribution in [2.75, 3.05) is 65.8 Å². The normalized spacial score (nSPS) is 23.5. The Morgan fingerprint density at radius 2 is 1.06 bits per heavy atom. The van der Waals surface area contributed by atoms with E-state index in [0.717, 1.165) is 0 Å². The van der Waals surface area contributed by atoms with E-state index in [9.17, 15) is 74.4 Å². The van der Waals surface area contributed by atoms with Gasteiger partial charge in [-0.05, 0) is 64.3 Å². The molecule has 0 spiro atoms. The van der Waals surface area contributed by atoms with Gasteiger partial charge in [-0.15, -0.1) is 10.2 Å². The highest BCUT2D eigenvalue weighted by atomic mass is 16.7. The maximum atomic E-state index is 13.4. The number of ether oxygens (including phenoxy) is 6. The number of hydrogen-bond acceptors (Lipinski definition) is 26. The zero-order chi connectivity index (χ0) is 60.8. The summed E-state index contributed by atoms with van der Waals surface area (Å²) >= 11 is 0. The number of aryl methyl sites for hydroxylation is 2. The number of aliphatic hydroxyl groups is 8. The van der Waals surface area contributed by atoms with Gasteiger partial charge in [-0.3, -0.25) is 42.9 Å². The van der Waals surface area contributed by atoms with Gasteiger partial charge in [0.25, 0.3) is 0 Å². The second kappa shape index (κ2) is 37.3. The van der Waals surface area contributed by atoms with E-state index >= 15 is 0 Å². The minimum absolute atomic E-state index is 0.0316. The predicted octanol–water partition coefficient (Wildman–Crippen LogP) is -8.99. The van der Waals surface area contributed by atoms with E-state index in [2.05, 4.69) is 52.5 Å². The van der Waals surface area contributed by atoms with E-state index in [4.69, 9.17) is 39.9 Å². The molecule has 0 aliphatic carbocycles. The number of rotatable bonds is 40. The zero-order valence-electron chi connectivity index (χ0n) is 46.1. The summed E-state index contributed by atoms with van der Waals surface area (Å²) in [5.41, 5.74) is 11.6. The number of nitrogens with zero attached hydrogens (tertiary/aromatic N) is 6. The Bertz CT molecular complexity index is 2300. The molecule has 0 saturated carbocycles. The van der Waals surface area contributed by atoms with Gasteiger partial charge in [0.05, 0.1) is 71.7 Å². The lowest BCUT2D eigenvalue weighted by Crippen LogP contribution is -2.59. The van der Waals surface area contributed by atoms with Gasteiger partial charge in [-0.25, -0.2) is 0 Å². The minimum Gasteiger partial charge on any atom is -0.394 e. The van der Waals surface area contributed by atoms with Crippen molar-refractivity contribution in [3.05, 3.63) is 23.8 Å². The van der Waals surface area contributed by atoms with Crippen molar-refractivity contribution < 1.29 is 103 Å². The summed E-state index contributed by atoms with van der Waals surface area (Å²) in [7, 11) is 0. The largest absolute Gasteiger partial charge is 0.394 e. The lowest BCUT2D eigenvalue weighted by Gasteiger charge is -2.39. The Labute approximate surface area is 476 Å². The molecule has 4 heterocycles. The highest BCUT2D eigenvalue weighted by Gasteiger charge is 2.45. The van der Waals surface area contributed by atoms with E-state index < -0.39 is 154 Å². The molecule has 4 rings (SSSR count). The van der Waals surface area contributed by atoms with Crippen molar-refractivity contribution in [1.29, 1.82) is 0 Å². The summed E-state index contributed by atoms with van der Waals surface area (Å²) in [5, 5.41) is 110. The van der Waals surface area contributed by atoms with Crippen LogP contribution in [-0.4, -0.2) is 258 Å². The van der Waals surface area contributed by atoms with E-state index in [1.807, 2.05) is 0 Å². The molecule has 35 heteroatoms. The van der Waals surface area contributed by atoms with E-state index in [0.29, 0.717) is 69.4 Å². The SMILES string of the molecule is CC(=O)N[C@@H](CCCCn1cc(CO[C@H]2O[C@H](CO)[C@@H](O)[C@H](O)[C@@H]2O)nn1)C(=O)NCCOCCOCC(=O)NCC(=O)N[C@@H](CCCCn1cc(CO[C@H]2O[C@H](CO)[C@@H](O)[C@H](O)[C@@H]2O)nn1)C(=O)NCC(=O)N[C@@H](CCCCN)C(N)=O. The fourth-order valence-electron chi connectivity index (χ4n) is 8.34. The summed E-state index contributed by atoms with van der Waals surface area (Å²) in [6, 6.07) is -3.01. The molecule has 2 aliphatic heterocycles. The van der Waals surface area contributed by atoms with Crippen LogP contribution < -0.4 is 43.4 Å². The molecule has 2 aromatic heterocycles. The first kappa shape index (κ1) is 69.5. The van der Waals surface area contributed by atoms with Crippen molar-refractivity contribution >= 4 is 41.4 Å².